The fourth-order valence-electron chi connectivity index (χ4n) is 4.69. The number of amides is 1. The van der Waals surface area contributed by atoms with Crippen LogP contribution in [-0.4, -0.2) is 23.0 Å². The molecule has 4 rings (SSSR count). The third kappa shape index (κ3) is 6.39. The number of carbonyl (C=O) groups excluding carboxylic acids is 1. The molecule has 0 aliphatic rings. The van der Waals surface area contributed by atoms with E-state index >= 15 is 0 Å². The van der Waals surface area contributed by atoms with Crippen molar-refractivity contribution in [2.24, 2.45) is 0 Å². The number of nitrogens with one attached hydrogen (secondary N) is 1. The molecule has 4 aromatic carbocycles. The summed E-state index contributed by atoms with van der Waals surface area (Å²) in [6.07, 6.45) is -4.34. The van der Waals surface area contributed by atoms with Gasteiger partial charge in [0, 0.05) is 11.8 Å². The molecule has 0 saturated heterocycles. The van der Waals surface area contributed by atoms with Crippen LogP contribution in [0, 0.1) is 20.8 Å². The Morgan fingerprint density at radius 2 is 1.56 bits per heavy atom. The fourth-order valence-corrected chi connectivity index (χ4v) is 4.69. The normalized spacial score (nSPS) is 12.3. The van der Waals surface area contributed by atoms with Crippen LogP contribution in [-0.2, 0) is 24.0 Å². The van der Waals surface area contributed by atoms with E-state index < -0.39 is 29.7 Å². The minimum atomic E-state index is -4.45. The number of aryl methyl sites for hydroxylation is 3. The van der Waals surface area contributed by atoms with Crippen molar-refractivity contribution in [1.82, 2.24) is 5.32 Å². The van der Waals surface area contributed by atoms with Crippen LogP contribution in [0.15, 0.2) is 72.8 Å². The summed E-state index contributed by atoms with van der Waals surface area (Å²) < 4.78 is 44.8. The summed E-state index contributed by atoms with van der Waals surface area (Å²) in [5, 5.41) is 14.0. The summed E-state index contributed by atoms with van der Waals surface area (Å²) in [6.45, 7) is 5.70. The van der Waals surface area contributed by atoms with Gasteiger partial charge in [-0.3, -0.25) is 4.79 Å². The Bertz CT molecular complexity index is 1500. The molecule has 1 unspecified atom stereocenters. The van der Waals surface area contributed by atoms with Crippen LogP contribution in [0.5, 0.6) is 5.75 Å². The molecule has 0 aromatic heterocycles. The summed E-state index contributed by atoms with van der Waals surface area (Å²) >= 11 is 0. The van der Waals surface area contributed by atoms with Gasteiger partial charge in [-0.2, -0.15) is 13.2 Å². The van der Waals surface area contributed by atoms with E-state index in [9.17, 15) is 27.9 Å². The zero-order chi connectivity index (χ0) is 28.3. The van der Waals surface area contributed by atoms with Gasteiger partial charge in [-0.05, 0) is 66.6 Å². The van der Waals surface area contributed by atoms with Crippen LogP contribution in [0.1, 0.15) is 43.7 Å². The lowest BCUT2D eigenvalue weighted by atomic mass is 9.94. The monoisotopic (exact) mass is 535 g/mol. The largest absolute Gasteiger partial charge is 0.487 e. The maximum atomic E-state index is 13.4. The highest BCUT2D eigenvalue weighted by atomic mass is 19.4. The number of halogens is 3. The van der Waals surface area contributed by atoms with Crippen molar-refractivity contribution in [3.63, 3.8) is 0 Å². The van der Waals surface area contributed by atoms with Crippen molar-refractivity contribution < 1.29 is 32.6 Å². The molecule has 8 heteroatoms. The van der Waals surface area contributed by atoms with Crippen molar-refractivity contribution in [3.05, 3.63) is 112 Å². The van der Waals surface area contributed by atoms with Crippen LogP contribution in [0.2, 0.25) is 0 Å². The molecule has 0 saturated carbocycles. The molecule has 4 aromatic rings. The van der Waals surface area contributed by atoms with Gasteiger partial charge >= 0.3 is 12.1 Å². The first-order valence-electron chi connectivity index (χ1n) is 12.3. The summed E-state index contributed by atoms with van der Waals surface area (Å²) in [7, 11) is 0. The topological polar surface area (TPSA) is 75.6 Å². The summed E-state index contributed by atoms with van der Waals surface area (Å²) in [6, 6.07) is 17.8. The second-order valence-electron chi connectivity index (χ2n) is 9.59. The molecule has 1 atom stereocenters. The Morgan fingerprint density at radius 3 is 2.18 bits per heavy atom. The summed E-state index contributed by atoms with van der Waals surface area (Å²) in [4.78, 5) is 25.6. The van der Waals surface area contributed by atoms with Gasteiger partial charge in [0.25, 0.3) is 5.91 Å². The number of ether oxygens (including phenoxy) is 1. The third-order valence-electron chi connectivity index (χ3n) is 6.64. The third-order valence-corrected chi connectivity index (χ3v) is 6.64. The number of alkyl halides is 3. The van der Waals surface area contributed by atoms with Crippen LogP contribution < -0.4 is 10.1 Å². The predicted octanol–water partition coefficient (Wildman–Crippen LogP) is 6.79. The Morgan fingerprint density at radius 1 is 0.923 bits per heavy atom. The average Bonchev–Trinajstić information content (AvgIpc) is 2.88. The van der Waals surface area contributed by atoms with Crippen LogP contribution >= 0.6 is 0 Å². The van der Waals surface area contributed by atoms with Crippen molar-refractivity contribution in [3.8, 4) is 5.75 Å². The Hall–Kier alpha value is -4.33. The summed E-state index contributed by atoms with van der Waals surface area (Å²) in [5.41, 5.74) is 3.65. The molecule has 0 spiro atoms. The highest BCUT2D eigenvalue weighted by Gasteiger charge is 2.30. The maximum Gasteiger partial charge on any atom is 0.416 e. The van der Waals surface area contributed by atoms with E-state index in [4.69, 9.17) is 4.74 Å². The molecule has 2 N–H and O–H groups in total. The van der Waals surface area contributed by atoms with E-state index in [1.807, 2.05) is 45.0 Å². The van der Waals surface area contributed by atoms with E-state index in [0.717, 1.165) is 39.8 Å². The number of carbonyl (C=O) groups is 2. The van der Waals surface area contributed by atoms with Crippen LogP contribution in [0.25, 0.3) is 10.8 Å². The standard InChI is InChI=1S/C31H28F3NO4/c1-18-14-19(2)26(20(3)15-18)16-27(30(37)38)35-29(36)25-13-10-22-6-4-5-7-24(22)28(25)39-17-21-8-11-23(12-9-21)31(32,33)34/h4-15,27H,16-17H2,1-3H3,(H,35,36)(H,37,38). The van der Waals surface area contributed by atoms with Crippen LogP contribution in [0.4, 0.5) is 13.2 Å². The number of rotatable bonds is 8. The van der Waals surface area contributed by atoms with Crippen molar-refractivity contribution in [1.29, 1.82) is 0 Å². The molecule has 39 heavy (non-hydrogen) atoms. The van der Waals surface area contributed by atoms with Gasteiger partial charge in [-0.15, -0.1) is 0 Å². The number of aliphatic carboxylic acids is 1. The maximum absolute atomic E-state index is 13.4. The Kier molecular flexibility index (Phi) is 7.95. The number of hydrogen-bond acceptors (Lipinski definition) is 3. The lowest BCUT2D eigenvalue weighted by Gasteiger charge is -2.20. The second kappa shape index (κ2) is 11.2. The summed E-state index contributed by atoms with van der Waals surface area (Å²) in [5.74, 6) is -1.58. The van der Waals surface area contributed by atoms with Crippen LogP contribution in [0.3, 0.4) is 0 Å². The first-order chi connectivity index (χ1) is 18.4. The van der Waals surface area contributed by atoms with Crippen molar-refractivity contribution >= 4 is 22.6 Å². The predicted molar refractivity (Wildman–Crippen MR) is 143 cm³/mol. The molecular formula is C31H28F3NO4. The molecule has 0 aliphatic carbocycles. The smallest absolute Gasteiger partial charge is 0.416 e. The van der Waals surface area contributed by atoms with E-state index in [2.05, 4.69) is 5.32 Å². The molecular weight excluding hydrogens is 507 g/mol. The van der Waals surface area contributed by atoms with Gasteiger partial charge in [-0.1, -0.05) is 60.2 Å². The van der Waals surface area contributed by atoms with Gasteiger partial charge < -0.3 is 15.2 Å². The molecule has 202 valence electrons. The average molecular weight is 536 g/mol. The lowest BCUT2D eigenvalue weighted by molar-refractivity contribution is -0.139. The molecule has 0 radical (unpaired) electrons. The molecule has 0 heterocycles. The lowest BCUT2D eigenvalue weighted by Crippen LogP contribution is -2.42. The van der Waals surface area contributed by atoms with E-state index in [1.165, 1.54) is 12.1 Å². The first kappa shape index (κ1) is 27.7. The SMILES string of the molecule is Cc1cc(C)c(CC(NC(=O)c2ccc3ccccc3c2OCc2ccc(C(F)(F)F)cc2)C(=O)O)c(C)c1. The number of hydrogen-bond donors (Lipinski definition) is 2. The zero-order valence-electron chi connectivity index (χ0n) is 21.7. The van der Waals surface area contributed by atoms with Gasteiger partial charge in [0.1, 0.15) is 18.4 Å². The number of benzene rings is 4. The van der Waals surface area contributed by atoms with Gasteiger partial charge in [0.05, 0.1) is 11.1 Å². The number of fused-ring (bicyclic) bond motifs is 1. The molecule has 0 fully saturated rings. The minimum Gasteiger partial charge on any atom is -0.487 e. The van der Waals surface area contributed by atoms with Gasteiger partial charge in [0.2, 0.25) is 0 Å². The molecule has 1 amide bonds. The zero-order valence-corrected chi connectivity index (χ0v) is 21.7. The van der Waals surface area contributed by atoms with E-state index in [1.54, 1.807) is 24.3 Å². The number of carboxylic acids is 1. The van der Waals surface area contributed by atoms with Crippen molar-refractivity contribution in [2.75, 3.05) is 0 Å². The minimum absolute atomic E-state index is 0.0868. The highest BCUT2D eigenvalue weighted by molar-refractivity contribution is 6.04. The quantitative estimate of drug-likeness (QED) is 0.261. The van der Waals surface area contributed by atoms with E-state index in [-0.39, 0.29) is 24.3 Å². The van der Waals surface area contributed by atoms with E-state index in [0.29, 0.717) is 10.9 Å². The number of carboxylic acid groups (broad SMARTS) is 1. The van der Waals surface area contributed by atoms with Gasteiger partial charge in [0.15, 0.2) is 0 Å². The first-order valence-corrected chi connectivity index (χ1v) is 12.3. The van der Waals surface area contributed by atoms with Crippen molar-refractivity contribution in [2.45, 2.75) is 46.0 Å². The highest BCUT2D eigenvalue weighted by Crippen LogP contribution is 2.32. The second-order valence-corrected chi connectivity index (χ2v) is 9.59. The Balaban J connectivity index is 1.62. The van der Waals surface area contributed by atoms with Gasteiger partial charge in [-0.25, -0.2) is 4.79 Å². The Labute approximate surface area is 224 Å². The molecule has 0 aliphatic heterocycles. The fraction of sp³-hybridized carbons (Fsp3) is 0.226. The molecule has 5 nitrogen and oxygen atoms in total. The molecule has 0 bridgehead atoms.